The molecule has 0 spiro atoms. The molecular formula is C17H11F3N2O. The lowest BCUT2D eigenvalue weighted by Crippen LogP contribution is -2.37. The largest absolute Gasteiger partial charge is 0.484 e. The highest BCUT2D eigenvalue weighted by atomic mass is 19.4. The van der Waals surface area contributed by atoms with E-state index in [9.17, 15) is 18.0 Å². The summed E-state index contributed by atoms with van der Waals surface area (Å²) in [4.78, 5) is 16.1. The van der Waals surface area contributed by atoms with Gasteiger partial charge in [-0.1, -0.05) is 48.5 Å². The monoisotopic (exact) mass is 316 g/mol. The molecule has 0 bridgehead atoms. The summed E-state index contributed by atoms with van der Waals surface area (Å²) in [6, 6.07) is 17.3. The summed E-state index contributed by atoms with van der Waals surface area (Å²) in [7, 11) is 0. The lowest BCUT2D eigenvalue weighted by atomic mass is 10.0. The smallest absolute Gasteiger partial charge is 0.267 e. The van der Waals surface area contributed by atoms with Gasteiger partial charge in [-0.2, -0.15) is 13.2 Å². The van der Waals surface area contributed by atoms with E-state index in [1.807, 2.05) is 0 Å². The van der Waals surface area contributed by atoms with Gasteiger partial charge in [-0.3, -0.25) is 10.1 Å². The number of halogens is 3. The number of rotatable bonds is 2. The van der Waals surface area contributed by atoms with Crippen molar-refractivity contribution in [2.75, 3.05) is 0 Å². The number of hydrogen-bond donors (Lipinski definition) is 1. The van der Waals surface area contributed by atoms with E-state index in [-0.39, 0.29) is 5.69 Å². The van der Waals surface area contributed by atoms with Gasteiger partial charge in [-0.15, -0.1) is 0 Å². The number of alkyl halides is 3. The second-order valence-electron chi connectivity index (χ2n) is 4.90. The zero-order valence-corrected chi connectivity index (χ0v) is 11.8. The van der Waals surface area contributed by atoms with Crippen molar-refractivity contribution in [3.63, 3.8) is 0 Å². The number of pyridine rings is 1. The quantitative estimate of drug-likeness (QED) is 0.722. The van der Waals surface area contributed by atoms with Crippen LogP contribution in [0.25, 0.3) is 22.0 Å². The number of carbonyl (C=O) groups excluding carboxylic acids is 1. The molecule has 0 saturated carbocycles. The van der Waals surface area contributed by atoms with Crippen molar-refractivity contribution >= 4 is 16.8 Å². The molecule has 1 heterocycles. The van der Waals surface area contributed by atoms with Crippen LogP contribution in [0, 0.1) is 0 Å². The number of amides is 1. The first-order valence-electron chi connectivity index (χ1n) is 6.78. The Bertz CT molecular complexity index is 861. The molecule has 0 aliphatic carbocycles. The van der Waals surface area contributed by atoms with Gasteiger partial charge in [0.15, 0.2) is 0 Å². The minimum atomic E-state index is -4.81. The minimum Gasteiger partial charge on any atom is -0.267 e. The zero-order chi connectivity index (χ0) is 16.4. The fourth-order valence-corrected chi connectivity index (χ4v) is 2.31. The fraction of sp³-hybridized carbons (Fsp3) is 0.0588. The number of nitrogens with one attached hydrogen (secondary N) is 1. The Kier molecular flexibility index (Phi) is 3.73. The standard InChI is InChI=1S/C17H11F3N2O/c18-17(19,20)22-16(23)15-13(11-6-2-1-3-7-11)10-12-8-4-5-9-14(12)21-15/h1-10H,(H,22,23). The molecule has 0 saturated heterocycles. The Labute approximate surface area is 129 Å². The number of benzene rings is 2. The Morgan fingerprint density at radius 2 is 1.61 bits per heavy atom. The molecule has 0 aliphatic heterocycles. The second-order valence-corrected chi connectivity index (χ2v) is 4.90. The van der Waals surface area contributed by atoms with Crippen molar-refractivity contribution in [3.05, 3.63) is 66.4 Å². The van der Waals surface area contributed by atoms with Gasteiger partial charge in [0.2, 0.25) is 0 Å². The number of aromatic nitrogens is 1. The molecule has 0 atom stereocenters. The molecule has 0 fully saturated rings. The van der Waals surface area contributed by atoms with Crippen molar-refractivity contribution in [2.24, 2.45) is 0 Å². The average Bonchev–Trinajstić information content (AvgIpc) is 2.53. The summed E-state index contributed by atoms with van der Waals surface area (Å²) < 4.78 is 37.4. The first kappa shape index (κ1) is 15.0. The fourth-order valence-electron chi connectivity index (χ4n) is 2.31. The summed E-state index contributed by atoms with van der Waals surface area (Å²) in [6.45, 7) is 0. The molecular weight excluding hydrogens is 305 g/mol. The Morgan fingerprint density at radius 3 is 2.30 bits per heavy atom. The lowest BCUT2D eigenvalue weighted by Gasteiger charge is -2.13. The van der Waals surface area contributed by atoms with Crippen LogP contribution in [0.15, 0.2) is 60.7 Å². The second kappa shape index (κ2) is 5.72. The van der Waals surface area contributed by atoms with Gasteiger partial charge in [0, 0.05) is 10.9 Å². The van der Waals surface area contributed by atoms with E-state index < -0.39 is 12.2 Å². The van der Waals surface area contributed by atoms with E-state index in [2.05, 4.69) is 4.98 Å². The Morgan fingerprint density at radius 1 is 0.957 bits per heavy atom. The van der Waals surface area contributed by atoms with Crippen molar-refractivity contribution in [1.29, 1.82) is 0 Å². The molecule has 2 aromatic carbocycles. The molecule has 1 N–H and O–H groups in total. The molecule has 0 unspecified atom stereocenters. The van der Waals surface area contributed by atoms with Crippen molar-refractivity contribution < 1.29 is 18.0 Å². The predicted molar refractivity (Wildman–Crippen MR) is 80.7 cm³/mol. The third-order valence-electron chi connectivity index (χ3n) is 3.28. The third-order valence-corrected chi connectivity index (χ3v) is 3.28. The molecule has 1 amide bonds. The zero-order valence-electron chi connectivity index (χ0n) is 11.8. The maximum Gasteiger partial charge on any atom is 0.484 e. The molecule has 3 aromatic rings. The summed E-state index contributed by atoms with van der Waals surface area (Å²) in [5.74, 6) is -1.28. The normalized spacial score (nSPS) is 11.4. The summed E-state index contributed by atoms with van der Waals surface area (Å²) in [6.07, 6.45) is -4.81. The SMILES string of the molecule is O=C(NC(F)(F)F)c1nc2ccccc2cc1-c1ccccc1. The van der Waals surface area contributed by atoms with Crippen LogP contribution in [0.2, 0.25) is 0 Å². The van der Waals surface area contributed by atoms with Crippen LogP contribution in [0.4, 0.5) is 13.2 Å². The molecule has 116 valence electrons. The molecule has 0 radical (unpaired) electrons. The summed E-state index contributed by atoms with van der Waals surface area (Å²) in [5, 5.41) is 1.75. The van der Waals surface area contributed by atoms with Gasteiger partial charge < -0.3 is 0 Å². The maximum absolute atomic E-state index is 12.5. The Hall–Kier alpha value is -2.89. The summed E-state index contributed by atoms with van der Waals surface area (Å²) >= 11 is 0. The predicted octanol–water partition coefficient (Wildman–Crippen LogP) is 4.15. The molecule has 1 aromatic heterocycles. The van der Waals surface area contributed by atoms with Gasteiger partial charge in [0.1, 0.15) is 5.69 Å². The van der Waals surface area contributed by atoms with Gasteiger partial charge >= 0.3 is 6.30 Å². The summed E-state index contributed by atoms with van der Waals surface area (Å²) in [5.41, 5.74) is 1.18. The van der Waals surface area contributed by atoms with Gasteiger partial charge in [-0.05, 0) is 17.7 Å². The number of carbonyl (C=O) groups is 1. The van der Waals surface area contributed by atoms with Crippen molar-refractivity contribution in [1.82, 2.24) is 10.3 Å². The molecule has 3 rings (SSSR count). The topological polar surface area (TPSA) is 42.0 Å². The van der Waals surface area contributed by atoms with E-state index in [0.717, 1.165) is 10.7 Å². The number of fused-ring (bicyclic) bond motifs is 1. The van der Waals surface area contributed by atoms with Crippen LogP contribution in [-0.4, -0.2) is 17.2 Å². The number of nitrogens with zero attached hydrogens (tertiary/aromatic N) is 1. The molecule has 23 heavy (non-hydrogen) atoms. The van der Waals surface area contributed by atoms with Crippen LogP contribution < -0.4 is 5.32 Å². The van der Waals surface area contributed by atoms with Gasteiger partial charge in [0.25, 0.3) is 5.91 Å². The van der Waals surface area contributed by atoms with Crippen molar-refractivity contribution in [2.45, 2.75) is 6.30 Å². The minimum absolute atomic E-state index is 0.257. The van der Waals surface area contributed by atoms with Gasteiger partial charge in [-0.25, -0.2) is 4.98 Å². The van der Waals surface area contributed by atoms with E-state index in [0.29, 0.717) is 16.6 Å². The number of hydrogen-bond acceptors (Lipinski definition) is 2. The van der Waals surface area contributed by atoms with Gasteiger partial charge in [0.05, 0.1) is 5.52 Å². The van der Waals surface area contributed by atoms with Crippen LogP contribution in [-0.2, 0) is 0 Å². The third kappa shape index (κ3) is 3.31. The molecule has 3 nitrogen and oxygen atoms in total. The lowest BCUT2D eigenvalue weighted by molar-refractivity contribution is -0.146. The maximum atomic E-state index is 12.5. The average molecular weight is 316 g/mol. The first-order chi connectivity index (χ1) is 10.9. The highest BCUT2D eigenvalue weighted by molar-refractivity contribution is 6.02. The van der Waals surface area contributed by atoms with Crippen LogP contribution in [0.3, 0.4) is 0 Å². The molecule has 6 heteroatoms. The number of para-hydroxylation sites is 1. The Balaban J connectivity index is 2.19. The van der Waals surface area contributed by atoms with Crippen molar-refractivity contribution in [3.8, 4) is 11.1 Å². The van der Waals surface area contributed by atoms with E-state index in [4.69, 9.17) is 0 Å². The van der Waals surface area contributed by atoms with Crippen LogP contribution in [0.5, 0.6) is 0 Å². The van der Waals surface area contributed by atoms with E-state index in [1.54, 1.807) is 60.7 Å². The van der Waals surface area contributed by atoms with Crippen LogP contribution in [0.1, 0.15) is 10.5 Å². The van der Waals surface area contributed by atoms with E-state index >= 15 is 0 Å². The van der Waals surface area contributed by atoms with E-state index in [1.165, 1.54) is 0 Å². The van der Waals surface area contributed by atoms with Crippen LogP contribution >= 0.6 is 0 Å². The highest BCUT2D eigenvalue weighted by Gasteiger charge is 2.32. The first-order valence-corrected chi connectivity index (χ1v) is 6.78. The highest BCUT2D eigenvalue weighted by Crippen LogP contribution is 2.27. The molecule has 0 aliphatic rings.